The molecule has 0 rings (SSSR count). The summed E-state index contributed by atoms with van der Waals surface area (Å²) in [4.78, 5) is 26.1. The van der Waals surface area contributed by atoms with E-state index in [9.17, 15) is 9.59 Å². The monoisotopic (exact) mass is 248 g/mol. The predicted octanol–water partition coefficient (Wildman–Crippen LogP) is 2.17. The number of carbonyl (C=O) groups is 2. The van der Waals surface area contributed by atoms with Crippen LogP contribution in [-0.4, -0.2) is 29.0 Å². The van der Waals surface area contributed by atoms with Gasteiger partial charge in [-0.05, 0) is 27.0 Å². The average Bonchev–Trinajstić information content (AvgIpc) is 2.13. The van der Waals surface area contributed by atoms with E-state index in [4.69, 9.17) is 4.74 Å². The van der Waals surface area contributed by atoms with Gasteiger partial charge in [-0.25, -0.2) is 4.79 Å². The molecule has 5 nitrogen and oxygen atoms in total. The van der Waals surface area contributed by atoms with Gasteiger partial charge in [0, 0.05) is 6.42 Å². The molecule has 0 fully saturated rings. The minimum Gasteiger partial charge on any atom is -0.442 e. The molecule has 0 unspecified atom stereocenters. The molecule has 2 amide bonds. The third-order valence-electron chi connectivity index (χ3n) is 1.35. The first kappa shape index (κ1) is 15.0. The van der Waals surface area contributed by atoms with E-state index in [1.54, 1.807) is 34.0 Å². The fraction of sp³-hybridized carbons (Fsp3) is 0.700. The van der Waals surface area contributed by atoms with E-state index in [-0.39, 0.29) is 11.1 Å². The molecular weight excluding hydrogens is 230 g/mol. The highest BCUT2D eigenvalue weighted by atomic mass is 32.2. The predicted molar refractivity (Wildman–Crippen MR) is 65.6 cm³/mol. The second-order valence-corrected chi connectivity index (χ2v) is 4.80. The van der Waals surface area contributed by atoms with E-state index in [1.807, 2.05) is 0 Å². The Kier molecular flexibility index (Phi) is 6.10. The molecule has 92 valence electrons. The normalized spacial score (nSPS) is 12.2. The smallest absolute Gasteiger partial charge is 0.436 e. The van der Waals surface area contributed by atoms with Crippen LogP contribution < -0.4 is 5.32 Å². The molecule has 0 aromatic carbocycles. The van der Waals surface area contributed by atoms with Crippen molar-refractivity contribution < 1.29 is 14.3 Å². The maximum absolute atomic E-state index is 11.3. The molecule has 0 aliphatic heterocycles. The molecule has 0 atom stereocenters. The second kappa shape index (κ2) is 6.52. The van der Waals surface area contributed by atoms with Crippen molar-refractivity contribution in [3.63, 3.8) is 0 Å². The highest BCUT2D eigenvalue weighted by Crippen LogP contribution is 2.09. The van der Waals surface area contributed by atoms with Crippen LogP contribution in [0.3, 0.4) is 0 Å². The van der Waals surface area contributed by atoms with Crippen LogP contribution in [-0.2, 0) is 9.53 Å². The lowest BCUT2D eigenvalue weighted by atomic mass is 10.2. The van der Waals surface area contributed by atoms with E-state index in [1.165, 1.54) is 11.8 Å². The van der Waals surface area contributed by atoms with E-state index in [0.29, 0.717) is 6.42 Å². The molecule has 0 aliphatic carbocycles. The maximum Gasteiger partial charge on any atom is 0.436 e. The lowest BCUT2D eigenvalue weighted by Gasteiger charge is -2.17. The van der Waals surface area contributed by atoms with E-state index < -0.39 is 11.7 Å². The van der Waals surface area contributed by atoms with Crippen molar-refractivity contribution in [2.24, 2.45) is 4.99 Å². The van der Waals surface area contributed by atoms with Gasteiger partial charge in [0.05, 0.1) is 0 Å². The van der Waals surface area contributed by atoms with Crippen molar-refractivity contribution in [2.75, 3.05) is 6.26 Å². The zero-order valence-corrected chi connectivity index (χ0v) is 11.1. The molecule has 0 aromatic heterocycles. The van der Waals surface area contributed by atoms with Crippen molar-refractivity contribution in [1.82, 2.24) is 5.32 Å². The Morgan fingerprint density at radius 3 is 2.31 bits per heavy atom. The van der Waals surface area contributed by atoms with Gasteiger partial charge in [-0.15, -0.1) is 0 Å². The van der Waals surface area contributed by atoms with E-state index >= 15 is 0 Å². The molecule has 0 spiro atoms. The number of rotatable bonds is 1. The summed E-state index contributed by atoms with van der Waals surface area (Å²) in [7, 11) is 0. The second-order valence-electron chi connectivity index (χ2n) is 4.00. The third kappa shape index (κ3) is 7.28. The molecule has 0 heterocycles. The first-order valence-electron chi connectivity index (χ1n) is 4.94. The number of nitrogens with one attached hydrogen (secondary N) is 1. The number of carbonyl (C=O) groups excluding carboxylic acids is 2. The summed E-state index contributed by atoms with van der Waals surface area (Å²) < 4.78 is 4.99. The van der Waals surface area contributed by atoms with Crippen LogP contribution in [0.2, 0.25) is 0 Å². The summed E-state index contributed by atoms with van der Waals surface area (Å²) >= 11 is 1.19. The van der Waals surface area contributed by atoms with Crippen LogP contribution in [0, 0.1) is 0 Å². The zero-order chi connectivity index (χ0) is 12.8. The van der Waals surface area contributed by atoms with Crippen LogP contribution in [0.25, 0.3) is 0 Å². The molecule has 1 N–H and O–H groups in total. The molecule has 0 saturated carbocycles. The molecule has 0 radical (unpaired) electrons. The lowest BCUT2D eigenvalue weighted by Crippen LogP contribution is -2.29. The first-order valence-corrected chi connectivity index (χ1v) is 6.16. The van der Waals surface area contributed by atoms with Gasteiger partial charge >= 0.3 is 6.09 Å². The Hall–Kier alpha value is -1.04. The van der Waals surface area contributed by atoms with Crippen LogP contribution >= 0.6 is 11.8 Å². The number of amidine groups is 1. The number of thioether (sulfide) groups is 1. The molecular formula is C10H18N2O3S. The summed E-state index contributed by atoms with van der Waals surface area (Å²) in [6.07, 6.45) is 1.36. The molecule has 0 aliphatic rings. The first-order chi connectivity index (χ1) is 7.28. The third-order valence-corrected chi connectivity index (χ3v) is 1.93. The van der Waals surface area contributed by atoms with Crippen molar-refractivity contribution >= 4 is 28.9 Å². The Balaban J connectivity index is 4.46. The summed E-state index contributed by atoms with van der Waals surface area (Å²) in [5.74, 6) is -0.184. The van der Waals surface area contributed by atoms with Gasteiger partial charge in [0.25, 0.3) is 0 Å². The number of nitrogens with zero attached hydrogens (tertiary/aromatic N) is 1. The van der Waals surface area contributed by atoms with Crippen molar-refractivity contribution in [3.05, 3.63) is 0 Å². The minimum absolute atomic E-state index is 0.184. The fourth-order valence-corrected chi connectivity index (χ4v) is 1.08. The number of hydrogen-bond donors (Lipinski definition) is 1. The van der Waals surface area contributed by atoms with Crippen LogP contribution in [0.1, 0.15) is 34.1 Å². The Morgan fingerprint density at radius 1 is 1.38 bits per heavy atom. The molecule has 0 aromatic rings. The number of hydrogen-bond acceptors (Lipinski definition) is 4. The number of ether oxygens (including phenoxy) is 1. The van der Waals surface area contributed by atoms with Crippen LogP contribution in [0.15, 0.2) is 4.99 Å². The number of aliphatic imine (C=N–C) groups is 1. The zero-order valence-electron chi connectivity index (χ0n) is 10.3. The van der Waals surface area contributed by atoms with Crippen molar-refractivity contribution in [3.8, 4) is 0 Å². The van der Waals surface area contributed by atoms with E-state index in [0.717, 1.165) is 0 Å². The standard InChI is InChI=1S/C10H18N2O3S/c1-6-7(13)11-8(16-5)12-9(14)15-10(2,3)4/h6H2,1-5H3,(H,11,12,13,14)/i11+1,12+1. The SMILES string of the molecule is CCC(=O)[15NH]/C(=[15N]/C(=O)OC(C)(C)C)SC. The van der Waals surface area contributed by atoms with Gasteiger partial charge in [-0.1, -0.05) is 18.7 Å². The summed E-state index contributed by atoms with van der Waals surface area (Å²) in [5.41, 5.74) is -0.584. The minimum atomic E-state index is -0.701. The van der Waals surface area contributed by atoms with Gasteiger partial charge in [0.2, 0.25) is 5.91 Å². The van der Waals surface area contributed by atoms with Gasteiger partial charge in [-0.3, -0.25) is 4.79 Å². The quantitative estimate of drug-likeness (QED) is 0.438. The van der Waals surface area contributed by atoms with Crippen molar-refractivity contribution in [1.29, 1.82) is 0 Å². The molecule has 0 saturated heterocycles. The summed E-state index contributed by atoms with van der Waals surface area (Å²) in [6, 6.07) is 0. The van der Waals surface area contributed by atoms with Crippen LogP contribution in [0.4, 0.5) is 4.79 Å². The lowest BCUT2D eigenvalue weighted by molar-refractivity contribution is -0.119. The van der Waals surface area contributed by atoms with Crippen LogP contribution in [0.5, 0.6) is 0 Å². The molecule has 0 bridgehead atoms. The highest BCUT2D eigenvalue weighted by molar-refractivity contribution is 8.13. The maximum atomic E-state index is 11.3. The topological polar surface area (TPSA) is 67.8 Å². The Morgan fingerprint density at radius 2 is 1.94 bits per heavy atom. The van der Waals surface area contributed by atoms with E-state index in [2.05, 4.69) is 10.3 Å². The highest BCUT2D eigenvalue weighted by Gasteiger charge is 2.16. The summed E-state index contributed by atoms with van der Waals surface area (Å²) in [5, 5.41) is 2.76. The van der Waals surface area contributed by atoms with Gasteiger partial charge in [-0.2, -0.15) is 4.99 Å². The van der Waals surface area contributed by atoms with Crippen molar-refractivity contribution in [2.45, 2.75) is 39.7 Å². The number of amides is 2. The molecule has 16 heavy (non-hydrogen) atoms. The van der Waals surface area contributed by atoms with Gasteiger partial charge in [0.1, 0.15) is 5.60 Å². The Labute approximate surface area is 100 Å². The molecule has 6 heteroatoms. The van der Waals surface area contributed by atoms with Gasteiger partial charge in [0.15, 0.2) is 5.17 Å². The largest absolute Gasteiger partial charge is 0.442 e. The summed E-state index contributed by atoms with van der Waals surface area (Å²) in [6.45, 7) is 6.98. The average molecular weight is 248 g/mol. The fourth-order valence-electron chi connectivity index (χ4n) is 0.700. The van der Waals surface area contributed by atoms with Gasteiger partial charge < -0.3 is 10.1 Å². The Bertz CT molecular complexity index is 295.